The molecule has 0 fully saturated rings. The van der Waals surface area contributed by atoms with Crippen molar-refractivity contribution in [2.75, 3.05) is 37.7 Å². The van der Waals surface area contributed by atoms with Gasteiger partial charge in [0.15, 0.2) is 13.9 Å². The number of pyridine rings is 1. The summed E-state index contributed by atoms with van der Waals surface area (Å²) in [6, 6.07) is 6.72. The van der Waals surface area contributed by atoms with Gasteiger partial charge in [0.05, 0.1) is 11.2 Å². The third kappa shape index (κ3) is 8.87. The molecule has 0 radical (unpaired) electrons. The molecule has 1 aromatic heterocycles. The van der Waals surface area contributed by atoms with Gasteiger partial charge in [0.2, 0.25) is 0 Å². The highest BCUT2D eigenvalue weighted by Crippen LogP contribution is 2.53. The topological polar surface area (TPSA) is 156 Å². The standard InChI is InChI=1S/C22H35ClN4O7P2/c1-4-26(5-2)13-6-7-16(3)27(20-10-11-24-19-15-17(23)8-9-18(19)20)22(28)34-14-12-25-21(35(29)30)36(31,32)33/h8-11,15-16,21,25,29-30H,4-7,12-14H2,1-3H3,(H2,31,32,33). The predicted molar refractivity (Wildman–Crippen MR) is 142 cm³/mol. The van der Waals surface area contributed by atoms with Crippen LogP contribution in [-0.2, 0) is 9.30 Å². The lowest BCUT2D eigenvalue weighted by molar-refractivity contribution is 0.151. The molecule has 14 heteroatoms. The maximum absolute atomic E-state index is 13.3. The van der Waals surface area contributed by atoms with E-state index >= 15 is 0 Å². The summed E-state index contributed by atoms with van der Waals surface area (Å²) in [7, 11) is -7.72. The number of amides is 1. The fraction of sp³-hybridized carbons (Fsp3) is 0.545. The van der Waals surface area contributed by atoms with Crippen LogP contribution in [0.2, 0.25) is 5.02 Å². The summed E-state index contributed by atoms with van der Waals surface area (Å²) in [4.78, 5) is 58.5. The number of aromatic nitrogens is 1. The highest BCUT2D eigenvalue weighted by molar-refractivity contribution is 7.67. The van der Waals surface area contributed by atoms with Crippen LogP contribution in [0.1, 0.15) is 33.6 Å². The summed E-state index contributed by atoms with van der Waals surface area (Å²) in [5.74, 6) is 0. The summed E-state index contributed by atoms with van der Waals surface area (Å²) < 4.78 is 16.8. The normalized spacial score (nSPS) is 13.8. The molecule has 2 aromatic rings. The SMILES string of the molecule is CCN(CC)CCCC(C)N(C(=O)OCCNC(P(O)O)P(=O)(O)O)c1ccnc2cc(Cl)ccc12. The van der Waals surface area contributed by atoms with Crippen molar-refractivity contribution in [1.82, 2.24) is 15.2 Å². The molecule has 0 bridgehead atoms. The smallest absolute Gasteiger partial charge is 0.414 e. The van der Waals surface area contributed by atoms with E-state index in [0.29, 0.717) is 22.6 Å². The minimum Gasteiger partial charge on any atom is -0.448 e. The molecule has 5 N–H and O–H groups in total. The van der Waals surface area contributed by atoms with E-state index in [0.717, 1.165) is 31.4 Å². The maximum Gasteiger partial charge on any atom is 0.414 e. The molecule has 202 valence electrons. The number of carbonyl (C=O) groups is 1. The van der Waals surface area contributed by atoms with Crippen molar-refractivity contribution in [3.05, 3.63) is 35.5 Å². The van der Waals surface area contributed by atoms with Gasteiger partial charge in [-0.25, -0.2) is 4.79 Å². The molecule has 36 heavy (non-hydrogen) atoms. The average molecular weight is 565 g/mol. The number of hydrogen-bond acceptors (Lipinski definition) is 8. The molecule has 0 aliphatic rings. The molecule has 11 nitrogen and oxygen atoms in total. The van der Waals surface area contributed by atoms with Crippen LogP contribution in [-0.4, -0.2) is 79.9 Å². The van der Waals surface area contributed by atoms with Gasteiger partial charge in [-0.1, -0.05) is 25.4 Å². The van der Waals surface area contributed by atoms with Crippen LogP contribution in [0.25, 0.3) is 10.9 Å². The Hall–Kier alpha value is -1.39. The molecule has 1 aromatic carbocycles. The van der Waals surface area contributed by atoms with Gasteiger partial charge in [-0.15, -0.1) is 0 Å². The van der Waals surface area contributed by atoms with E-state index in [1.54, 1.807) is 35.4 Å². The van der Waals surface area contributed by atoms with Crippen LogP contribution in [0.15, 0.2) is 30.5 Å². The number of nitrogens with one attached hydrogen (secondary N) is 1. The van der Waals surface area contributed by atoms with E-state index in [1.165, 1.54) is 0 Å². The first kappa shape index (κ1) is 30.8. The van der Waals surface area contributed by atoms with Gasteiger partial charge in [-0.3, -0.25) is 19.8 Å². The number of benzene rings is 1. The molecule has 1 amide bonds. The first-order valence-corrected chi connectivity index (χ1v) is 15.0. The first-order chi connectivity index (χ1) is 17.0. The molecule has 0 spiro atoms. The molecular formula is C22H35ClN4O7P2. The molecular weight excluding hydrogens is 530 g/mol. The van der Waals surface area contributed by atoms with Gasteiger partial charge in [0.1, 0.15) is 6.61 Å². The van der Waals surface area contributed by atoms with E-state index in [9.17, 15) is 28.9 Å². The number of nitrogens with zero attached hydrogens (tertiary/aromatic N) is 3. The number of halogens is 1. The minimum absolute atomic E-state index is 0.182. The Balaban J connectivity index is 2.20. The Morgan fingerprint density at radius 1 is 1.25 bits per heavy atom. The second kappa shape index (κ2) is 14.5. The third-order valence-corrected chi connectivity index (χ3v) is 8.96. The van der Waals surface area contributed by atoms with Gasteiger partial charge < -0.3 is 29.2 Å². The van der Waals surface area contributed by atoms with Crippen LogP contribution in [0.4, 0.5) is 10.5 Å². The summed E-state index contributed by atoms with van der Waals surface area (Å²) in [6.07, 6.45) is 2.52. The Morgan fingerprint density at radius 3 is 2.56 bits per heavy atom. The lowest BCUT2D eigenvalue weighted by Gasteiger charge is -2.30. The highest BCUT2D eigenvalue weighted by atomic mass is 35.5. The predicted octanol–water partition coefficient (Wildman–Crippen LogP) is 3.69. The molecule has 2 atom stereocenters. The molecule has 2 rings (SSSR count). The first-order valence-electron chi connectivity index (χ1n) is 11.7. The molecule has 0 aliphatic heterocycles. The summed E-state index contributed by atoms with van der Waals surface area (Å²) >= 11 is 6.12. The second-order valence-corrected chi connectivity index (χ2v) is 11.9. The van der Waals surface area contributed by atoms with Gasteiger partial charge in [-0.05, 0) is 63.7 Å². The molecule has 0 saturated carbocycles. The highest BCUT2D eigenvalue weighted by Gasteiger charge is 2.35. The zero-order chi connectivity index (χ0) is 26.9. The van der Waals surface area contributed by atoms with Crippen LogP contribution < -0.4 is 10.2 Å². The molecule has 0 aliphatic carbocycles. The Kier molecular flexibility index (Phi) is 12.4. The number of carbonyl (C=O) groups excluding carboxylic acids is 1. The molecule has 0 saturated heterocycles. The van der Waals surface area contributed by atoms with Crippen LogP contribution in [0.3, 0.4) is 0 Å². The third-order valence-electron chi connectivity index (χ3n) is 5.76. The Labute approximate surface area is 217 Å². The van der Waals surface area contributed by atoms with E-state index in [4.69, 9.17) is 16.3 Å². The summed E-state index contributed by atoms with van der Waals surface area (Å²) in [5, 5.41) is 3.60. The quantitative estimate of drug-likeness (QED) is 0.169. The summed E-state index contributed by atoms with van der Waals surface area (Å²) in [5.41, 5.74) is -0.596. The number of ether oxygens (including phenoxy) is 1. The number of hydrogen-bond donors (Lipinski definition) is 5. The van der Waals surface area contributed by atoms with Crippen molar-refractivity contribution >= 4 is 50.3 Å². The summed E-state index contributed by atoms with van der Waals surface area (Å²) in [6.45, 7) is 8.50. The van der Waals surface area contributed by atoms with Crippen molar-refractivity contribution in [3.8, 4) is 0 Å². The Bertz CT molecular complexity index is 1040. The lowest BCUT2D eigenvalue weighted by Crippen LogP contribution is -2.41. The van der Waals surface area contributed by atoms with Crippen molar-refractivity contribution in [2.24, 2.45) is 0 Å². The number of rotatable bonds is 14. The number of fused-ring (bicyclic) bond motifs is 1. The number of anilines is 1. The largest absolute Gasteiger partial charge is 0.448 e. The van der Waals surface area contributed by atoms with Crippen molar-refractivity contribution in [1.29, 1.82) is 0 Å². The van der Waals surface area contributed by atoms with Crippen LogP contribution in [0.5, 0.6) is 0 Å². The van der Waals surface area contributed by atoms with E-state index < -0.39 is 27.6 Å². The fourth-order valence-corrected chi connectivity index (χ4v) is 5.74. The van der Waals surface area contributed by atoms with E-state index in [1.807, 2.05) is 6.92 Å². The maximum atomic E-state index is 13.3. The minimum atomic E-state index is -4.79. The monoisotopic (exact) mass is 564 g/mol. The van der Waals surface area contributed by atoms with Gasteiger partial charge >= 0.3 is 13.7 Å². The van der Waals surface area contributed by atoms with Gasteiger partial charge in [0.25, 0.3) is 0 Å². The molecule has 1 heterocycles. The molecule has 2 unspecified atom stereocenters. The van der Waals surface area contributed by atoms with Crippen LogP contribution >= 0.6 is 27.6 Å². The van der Waals surface area contributed by atoms with Crippen LogP contribution in [0, 0.1) is 0 Å². The fourth-order valence-electron chi connectivity index (χ4n) is 3.84. The lowest BCUT2D eigenvalue weighted by atomic mass is 10.1. The van der Waals surface area contributed by atoms with Crippen molar-refractivity contribution in [3.63, 3.8) is 0 Å². The van der Waals surface area contributed by atoms with E-state index in [2.05, 4.69) is 29.0 Å². The van der Waals surface area contributed by atoms with Gasteiger partial charge in [-0.2, -0.15) is 0 Å². The zero-order valence-corrected chi connectivity index (χ0v) is 23.2. The van der Waals surface area contributed by atoms with Crippen molar-refractivity contribution in [2.45, 2.75) is 45.2 Å². The van der Waals surface area contributed by atoms with E-state index in [-0.39, 0.29) is 19.2 Å². The van der Waals surface area contributed by atoms with Gasteiger partial charge in [0, 0.05) is 29.2 Å². The van der Waals surface area contributed by atoms with Crippen molar-refractivity contribution < 1.29 is 33.7 Å². The zero-order valence-electron chi connectivity index (χ0n) is 20.6. The average Bonchev–Trinajstić information content (AvgIpc) is 2.80. The Morgan fingerprint density at radius 2 is 1.94 bits per heavy atom. The second-order valence-electron chi connectivity index (χ2n) is 8.23.